The lowest BCUT2D eigenvalue weighted by Crippen LogP contribution is -2.60. The Hall–Kier alpha value is -5.46. The first-order valence-electron chi connectivity index (χ1n) is 15.3. The van der Waals surface area contributed by atoms with Crippen LogP contribution in [-0.4, -0.2) is 110 Å². The second kappa shape index (κ2) is 15.6. The number of carboxylic acids is 1. The van der Waals surface area contributed by atoms with Gasteiger partial charge in [0.25, 0.3) is 5.91 Å². The molecule has 17 nitrogen and oxygen atoms in total. The van der Waals surface area contributed by atoms with Crippen LogP contribution in [0.2, 0.25) is 0 Å². The van der Waals surface area contributed by atoms with Crippen molar-refractivity contribution in [2.45, 2.75) is 64.4 Å². The van der Waals surface area contributed by atoms with Gasteiger partial charge in [0.15, 0.2) is 0 Å². The van der Waals surface area contributed by atoms with Crippen molar-refractivity contribution in [3.8, 4) is 34.5 Å². The van der Waals surface area contributed by atoms with Crippen molar-refractivity contribution < 1.29 is 78.6 Å². The summed E-state index contributed by atoms with van der Waals surface area (Å²) in [6, 6.07) is 5.90. The molecule has 0 radical (unpaired) electrons. The van der Waals surface area contributed by atoms with Crippen LogP contribution in [0.5, 0.6) is 34.5 Å². The molecule has 51 heavy (non-hydrogen) atoms. The molecular formula is C34H37NO16. The average molecular weight is 716 g/mol. The summed E-state index contributed by atoms with van der Waals surface area (Å²) < 4.78 is 27.3. The van der Waals surface area contributed by atoms with Crippen LogP contribution in [0.3, 0.4) is 0 Å². The van der Waals surface area contributed by atoms with Crippen molar-refractivity contribution in [1.29, 1.82) is 0 Å². The van der Waals surface area contributed by atoms with Crippen LogP contribution in [0, 0.1) is 20.8 Å². The number of carbonyl (C=O) groups excluding carboxylic acids is 3. The molecule has 0 aliphatic carbocycles. The number of esters is 2. The van der Waals surface area contributed by atoms with Gasteiger partial charge in [-0.1, -0.05) is 0 Å². The number of aliphatic carboxylic acids is 1. The Kier molecular flexibility index (Phi) is 11.7. The van der Waals surface area contributed by atoms with Crippen LogP contribution in [0.15, 0.2) is 36.4 Å². The summed E-state index contributed by atoms with van der Waals surface area (Å²) in [5.74, 6) is -6.03. The Morgan fingerprint density at radius 2 is 1.27 bits per heavy atom. The first-order valence-corrected chi connectivity index (χ1v) is 15.3. The van der Waals surface area contributed by atoms with Gasteiger partial charge in [0.05, 0.1) is 19.3 Å². The van der Waals surface area contributed by atoms with E-state index >= 15 is 0 Å². The summed E-state index contributed by atoms with van der Waals surface area (Å²) in [6.07, 6.45) is -8.65. The lowest BCUT2D eigenvalue weighted by molar-refractivity contribution is -0.277. The number of aromatic hydroxyl groups is 2. The van der Waals surface area contributed by atoms with Crippen LogP contribution in [0.25, 0.3) is 0 Å². The summed E-state index contributed by atoms with van der Waals surface area (Å²) in [7, 11) is 1.38. The third kappa shape index (κ3) is 8.30. The lowest BCUT2D eigenvalue weighted by atomic mass is 9.99. The number of benzene rings is 3. The highest BCUT2D eigenvalue weighted by atomic mass is 16.7. The molecule has 0 aromatic heterocycles. The maximum atomic E-state index is 13.7. The highest BCUT2D eigenvalue weighted by Crippen LogP contribution is 2.36. The SMILES string of the molecule is COc1cc(C)c(C(=O)Oc2cc(C)c(C(=O)Oc3cc(C)c(C(=O)NC(C)C(=O)O)c(O)c3)c(OC3OC(CO)C(O)C(O)C3O)c2)c(O)c1. The highest BCUT2D eigenvalue weighted by molar-refractivity contribution is 6.01. The van der Waals surface area contributed by atoms with E-state index in [1.807, 2.05) is 0 Å². The highest BCUT2D eigenvalue weighted by Gasteiger charge is 2.45. The van der Waals surface area contributed by atoms with E-state index in [1.54, 1.807) is 0 Å². The molecule has 1 aliphatic rings. The fourth-order valence-electron chi connectivity index (χ4n) is 5.28. The Morgan fingerprint density at radius 1 is 0.765 bits per heavy atom. The Labute approximate surface area is 290 Å². The first kappa shape index (κ1) is 38.3. The minimum Gasteiger partial charge on any atom is -0.507 e. The smallest absolute Gasteiger partial charge is 0.347 e. The lowest BCUT2D eigenvalue weighted by Gasteiger charge is -2.39. The Morgan fingerprint density at radius 3 is 1.82 bits per heavy atom. The van der Waals surface area contributed by atoms with Crippen molar-refractivity contribution in [3.05, 3.63) is 69.8 Å². The van der Waals surface area contributed by atoms with Gasteiger partial charge in [0.2, 0.25) is 6.29 Å². The van der Waals surface area contributed by atoms with E-state index < -0.39 is 84.4 Å². The molecule has 1 aliphatic heterocycles. The number of amides is 1. The number of carboxylic acid groups (broad SMARTS) is 1. The summed E-state index contributed by atoms with van der Waals surface area (Å²) in [5.41, 5.74) is -0.301. The fraction of sp³-hybridized carbons (Fsp3) is 0.353. The quantitative estimate of drug-likeness (QED) is 0.101. The zero-order valence-corrected chi connectivity index (χ0v) is 27.9. The van der Waals surface area contributed by atoms with E-state index in [-0.39, 0.29) is 45.1 Å². The normalized spacial score (nSPS) is 20.5. The molecule has 1 heterocycles. The zero-order chi connectivity index (χ0) is 37.9. The molecule has 1 saturated heterocycles. The molecule has 8 N–H and O–H groups in total. The molecule has 17 heteroatoms. The molecule has 1 fully saturated rings. The third-order valence-corrected chi connectivity index (χ3v) is 7.95. The molecule has 274 valence electrons. The van der Waals surface area contributed by atoms with Gasteiger partial charge in [-0.2, -0.15) is 0 Å². The number of hydrogen-bond acceptors (Lipinski definition) is 15. The van der Waals surface area contributed by atoms with E-state index in [1.165, 1.54) is 59.1 Å². The molecule has 0 bridgehead atoms. The monoisotopic (exact) mass is 715 g/mol. The van der Waals surface area contributed by atoms with Crippen molar-refractivity contribution in [2.75, 3.05) is 13.7 Å². The number of aryl methyl sites for hydroxylation is 3. The van der Waals surface area contributed by atoms with Crippen molar-refractivity contribution in [1.82, 2.24) is 5.32 Å². The second-order valence-corrected chi connectivity index (χ2v) is 11.7. The van der Waals surface area contributed by atoms with E-state index in [0.717, 1.165) is 12.1 Å². The summed E-state index contributed by atoms with van der Waals surface area (Å²) in [4.78, 5) is 50.6. The van der Waals surface area contributed by atoms with Crippen LogP contribution < -0.4 is 24.3 Å². The molecule has 3 aromatic rings. The molecule has 3 aromatic carbocycles. The topological polar surface area (TPSA) is 268 Å². The van der Waals surface area contributed by atoms with Crippen LogP contribution >= 0.6 is 0 Å². The van der Waals surface area contributed by atoms with Gasteiger partial charge in [-0.15, -0.1) is 0 Å². The van der Waals surface area contributed by atoms with Crippen molar-refractivity contribution in [2.24, 2.45) is 0 Å². The number of aliphatic hydroxyl groups excluding tert-OH is 4. The number of hydrogen-bond donors (Lipinski definition) is 8. The molecule has 0 spiro atoms. The van der Waals surface area contributed by atoms with Crippen LogP contribution in [0.4, 0.5) is 0 Å². The minimum atomic E-state index is -1.90. The zero-order valence-electron chi connectivity index (χ0n) is 27.9. The van der Waals surface area contributed by atoms with Crippen molar-refractivity contribution in [3.63, 3.8) is 0 Å². The second-order valence-electron chi connectivity index (χ2n) is 11.7. The molecule has 0 saturated carbocycles. The standard InChI is InChI=1S/C34H37NO16/c1-13-7-18(10-20(37)24(13)30(42)35-16(4)31(43)44)48-33(46)26-15(3)8-19(49-32(45)25-14(2)6-17(47-5)9-21(25)38)11-22(26)50-34-29(41)28(40)27(39)23(12-36)51-34/h6-11,16,23,27-29,34,36-41H,12H2,1-5H3,(H,35,42)(H,43,44). The van der Waals surface area contributed by atoms with E-state index in [9.17, 15) is 49.8 Å². The van der Waals surface area contributed by atoms with Gasteiger partial charge in [0, 0.05) is 18.2 Å². The summed E-state index contributed by atoms with van der Waals surface area (Å²) >= 11 is 0. The largest absolute Gasteiger partial charge is 0.507 e. The molecule has 6 unspecified atom stereocenters. The fourth-order valence-corrected chi connectivity index (χ4v) is 5.28. The van der Waals surface area contributed by atoms with Gasteiger partial charge in [-0.05, 0) is 62.6 Å². The number of rotatable bonds is 11. The molecular weight excluding hydrogens is 678 g/mol. The number of nitrogens with one attached hydrogen (secondary N) is 1. The van der Waals surface area contributed by atoms with E-state index in [0.29, 0.717) is 5.56 Å². The first-order chi connectivity index (χ1) is 24.0. The number of carbonyl (C=O) groups is 4. The molecule has 4 rings (SSSR count). The summed E-state index contributed by atoms with van der Waals surface area (Å²) in [5, 5.41) is 73.1. The number of phenolic OH excluding ortho intramolecular Hbond substituents is 2. The minimum absolute atomic E-state index is 0.0696. The van der Waals surface area contributed by atoms with Crippen LogP contribution in [-0.2, 0) is 9.53 Å². The van der Waals surface area contributed by atoms with E-state index in [4.69, 9.17) is 28.8 Å². The van der Waals surface area contributed by atoms with Crippen molar-refractivity contribution >= 4 is 23.8 Å². The number of ether oxygens (including phenoxy) is 5. The Bertz CT molecular complexity index is 1790. The third-order valence-electron chi connectivity index (χ3n) is 7.95. The molecule has 6 atom stereocenters. The van der Waals surface area contributed by atoms with Gasteiger partial charge >= 0.3 is 17.9 Å². The van der Waals surface area contributed by atoms with Gasteiger partial charge < -0.3 is 64.7 Å². The summed E-state index contributed by atoms with van der Waals surface area (Å²) in [6.45, 7) is 4.79. The maximum Gasteiger partial charge on any atom is 0.347 e. The van der Waals surface area contributed by atoms with Gasteiger partial charge in [-0.3, -0.25) is 9.59 Å². The predicted molar refractivity (Wildman–Crippen MR) is 172 cm³/mol. The number of methoxy groups -OCH3 is 1. The van der Waals surface area contributed by atoms with Gasteiger partial charge in [0.1, 0.15) is 76.1 Å². The predicted octanol–water partition coefficient (Wildman–Crippen LogP) is 0.852. The van der Waals surface area contributed by atoms with Gasteiger partial charge in [-0.25, -0.2) is 9.59 Å². The average Bonchev–Trinajstić information content (AvgIpc) is 3.03. The van der Waals surface area contributed by atoms with Crippen LogP contribution in [0.1, 0.15) is 54.7 Å². The number of aliphatic hydroxyl groups is 4. The van der Waals surface area contributed by atoms with E-state index in [2.05, 4.69) is 5.32 Å². The molecule has 1 amide bonds. The number of phenols is 2. The maximum absolute atomic E-state index is 13.7. The Balaban J connectivity index is 1.71.